The van der Waals surface area contributed by atoms with Crippen LogP contribution in [0, 0.1) is 5.82 Å². The predicted molar refractivity (Wildman–Crippen MR) is 118 cm³/mol. The standard InChI is InChI=1S/C23H17F4N5O3S/c24-16-6-7-20(35-23(25,26)27)21(11-16)36(33,34)32-13-17-19(12-28-14-30-17)31-9-8-29-22(31)18(32)10-15-4-2-1-3-5-15/h1-9,11-12,14,18H,10,13H2/t18-/m1/s1. The Morgan fingerprint density at radius 1 is 1.08 bits per heavy atom. The molecule has 13 heteroatoms. The van der Waals surface area contributed by atoms with Crippen LogP contribution in [0.1, 0.15) is 23.1 Å². The topological polar surface area (TPSA) is 90.2 Å². The fourth-order valence-corrected chi connectivity index (χ4v) is 5.80. The third-order valence-corrected chi connectivity index (χ3v) is 7.52. The third kappa shape index (κ3) is 4.54. The second-order valence-corrected chi connectivity index (χ2v) is 9.76. The van der Waals surface area contributed by atoms with Gasteiger partial charge in [-0.25, -0.2) is 27.8 Å². The zero-order chi connectivity index (χ0) is 25.5. The number of benzene rings is 2. The van der Waals surface area contributed by atoms with E-state index in [1.54, 1.807) is 41.1 Å². The molecular weight excluding hydrogens is 502 g/mol. The van der Waals surface area contributed by atoms with Crippen LogP contribution < -0.4 is 4.74 Å². The van der Waals surface area contributed by atoms with Crippen molar-refractivity contribution in [2.24, 2.45) is 0 Å². The van der Waals surface area contributed by atoms with E-state index in [0.29, 0.717) is 29.7 Å². The van der Waals surface area contributed by atoms with E-state index in [4.69, 9.17) is 0 Å². The van der Waals surface area contributed by atoms with E-state index in [-0.39, 0.29) is 18.7 Å². The van der Waals surface area contributed by atoms with E-state index in [9.17, 15) is 26.0 Å². The van der Waals surface area contributed by atoms with Crippen LogP contribution >= 0.6 is 0 Å². The molecule has 3 heterocycles. The molecule has 2 aromatic heterocycles. The average molecular weight is 519 g/mol. The second kappa shape index (κ2) is 8.99. The number of hydrogen-bond acceptors (Lipinski definition) is 6. The van der Waals surface area contributed by atoms with Gasteiger partial charge in [-0.15, -0.1) is 13.2 Å². The normalized spacial score (nSPS) is 16.2. The minimum Gasteiger partial charge on any atom is -0.404 e. The van der Waals surface area contributed by atoms with Gasteiger partial charge in [0.05, 0.1) is 30.2 Å². The molecule has 0 unspecified atom stereocenters. The Morgan fingerprint density at radius 2 is 1.86 bits per heavy atom. The number of rotatable bonds is 5. The summed E-state index contributed by atoms with van der Waals surface area (Å²) in [6.45, 7) is -0.330. The molecule has 0 N–H and O–H groups in total. The van der Waals surface area contributed by atoms with Crippen molar-refractivity contribution < 1.29 is 30.7 Å². The maximum absolute atomic E-state index is 14.2. The first-order valence-corrected chi connectivity index (χ1v) is 12.0. The maximum atomic E-state index is 14.2. The highest BCUT2D eigenvalue weighted by Gasteiger charge is 2.41. The number of halogens is 4. The van der Waals surface area contributed by atoms with Crippen molar-refractivity contribution in [1.29, 1.82) is 0 Å². The number of nitrogens with zero attached hydrogens (tertiary/aromatic N) is 5. The SMILES string of the molecule is O=S(=O)(c1cc(F)ccc1OC(F)(F)F)N1Cc2ncncc2-n2ccnc2[C@H]1Cc1ccccc1. The van der Waals surface area contributed by atoms with Gasteiger partial charge in [-0.05, 0) is 30.2 Å². The second-order valence-electron chi connectivity index (χ2n) is 7.90. The van der Waals surface area contributed by atoms with Crippen LogP contribution in [-0.4, -0.2) is 38.6 Å². The molecule has 0 aliphatic carbocycles. The Morgan fingerprint density at radius 3 is 2.61 bits per heavy atom. The molecule has 8 nitrogen and oxygen atoms in total. The Labute approximate surface area is 202 Å². The molecule has 5 rings (SSSR count). The molecule has 0 spiro atoms. The van der Waals surface area contributed by atoms with Crippen LogP contribution in [-0.2, 0) is 23.0 Å². The molecule has 4 aromatic rings. The predicted octanol–water partition coefficient (Wildman–Crippen LogP) is 4.19. The summed E-state index contributed by atoms with van der Waals surface area (Å²) in [5.41, 5.74) is 1.50. The van der Waals surface area contributed by atoms with Crippen molar-refractivity contribution in [2.45, 2.75) is 30.3 Å². The Balaban J connectivity index is 1.71. The number of sulfonamides is 1. The van der Waals surface area contributed by atoms with Crippen LogP contribution in [0.3, 0.4) is 0 Å². The average Bonchev–Trinajstić information content (AvgIpc) is 3.27. The first kappa shape index (κ1) is 23.9. The van der Waals surface area contributed by atoms with E-state index in [1.165, 1.54) is 18.7 Å². The molecule has 1 atom stereocenters. The van der Waals surface area contributed by atoms with Gasteiger partial charge in [0.2, 0.25) is 10.0 Å². The number of alkyl halides is 3. The lowest BCUT2D eigenvalue weighted by atomic mass is 10.1. The van der Waals surface area contributed by atoms with Crippen LogP contribution in [0.25, 0.3) is 5.69 Å². The molecule has 1 aliphatic rings. The molecule has 2 aromatic carbocycles. The van der Waals surface area contributed by atoms with E-state index in [1.807, 2.05) is 0 Å². The van der Waals surface area contributed by atoms with Gasteiger partial charge < -0.3 is 4.74 Å². The van der Waals surface area contributed by atoms with Crippen molar-refractivity contribution in [2.75, 3.05) is 0 Å². The monoisotopic (exact) mass is 519 g/mol. The van der Waals surface area contributed by atoms with Crippen LogP contribution in [0.4, 0.5) is 17.6 Å². The summed E-state index contributed by atoms with van der Waals surface area (Å²) in [5.74, 6) is -1.79. The highest BCUT2D eigenvalue weighted by atomic mass is 32.2. The fraction of sp³-hybridized carbons (Fsp3) is 0.174. The lowest BCUT2D eigenvalue weighted by Crippen LogP contribution is -2.36. The number of imidazole rings is 1. The van der Waals surface area contributed by atoms with E-state index in [0.717, 1.165) is 9.87 Å². The lowest BCUT2D eigenvalue weighted by Gasteiger charge is -2.29. The van der Waals surface area contributed by atoms with Gasteiger partial charge in [-0.1, -0.05) is 30.3 Å². The van der Waals surface area contributed by atoms with Crippen molar-refractivity contribution in [3.8, 4) is 11.4 Å². The maximum Gasteiger partial charge on any atom is 0.573 e. The van der Waals surface area contributed by atoms with Crippen molar-refractivity contribution in [3.63, 3.8) is 0 Å². The first-order valence-electron chi connectivity index (χ1n) is 10.6. The number of ether oxygens (including phenoxy) is 1. The number of aromatic nitrogens is 4. The molecule has 0 saturated carbocycles. The highest BCUT2D eigenvalue weighted by molar-refractivity contribution is 7.89. The molecule has 0 saturated heterocycles. The van der Waals surface area contributed by atoms with Gasteiger partial charge >= 0.3 is 6.36 Å². The molecule has 186 valence electrons. The first-order chi connectivity index (χ1) is 17.1. The van der Waals surface area contributed by atoms with Gasteiger partial charge in [0.15, 0.2) is 0 Å². The summed E-state index contributed by atoms with van der Waals surface area (Å²) in [5, 5.41) is 0. The summed E-state index contributed by atoms with van der Waals surface area (Å²) in [6.07, 6.45) is 0.748. The van der Waals surface area contributed by atoms with Crippen molar-refractivity contribution >= 4 is 10.0 Å². The van der Waals surface area contributed by atoms with Crippen molar-refractivity contribution in [3.05, 3.63) is 96.3 Å². The van der Waals surface area contributed by atoms with Crippen LogP contribution in [0.5, 0.6) is 5.75 Å². The molecular formula is C23H17F4N5O3S. The zero-order valence-electron chi connectivity index (χ0n) is 18.3. The fourth-order valence-electron chi connectivity index (χ4n) is 4.12. The van der Waals surface area contributed by atoms with Crippen molar-refractivity contribution in [1.82, 2.24) is 23.8 Å². The van der Waals surface area contributed by atoms with Crippen LogP contribution in [0.2, 0.25) is 0 Å². The molecule has 0 radical (unpaired) electrons. The molecule has 36 heavy (non-hydrogen) atoms. The van der Waals surface area contributed by atoms with E-state index < -0.39 is 38.9 Å². The summed E-state index contributed by atoms with van der Waals surface area (Å²) in [7, 11) is -4.79. The van der Waals surface area contributed by atoms with Gasteiger partial charge in [-0.3, -0.25) is 4.57 Å². The molecule has 1 aliphatic heterocycles. The minimum atomic E-state index is -5.19. The summed E-state index contributed by atoms with van der Waals surface area (Å²) in [6, 6.07) is 9.78. The van der Waals surface area contributed by atoms with E-state index in [2.05, 4.69) is 19.7 Å². The quantitative estimate of drug-likeness (QED) is 0.368. The highest BCUT2D eigenvalue weighted by Crippen LogP contribution is 2.39. The number of hydrogen-bond donors (Lipinski definition) is 0. The van der Waals surface area contributed by atoms with Gasteiger partial charge in [-0.2, -0.15) is 4.31 Å². The molecule has 0 amide bonds. The smallest absolute Gasteiger partial charge is 0.404 e. The Bertz CT molecular complexity index is 1510. The summed E-state index contributed by atoms with van der Waals surface area (Å²) < 4.78 is 87.9. The van der Waals surface area contributed by atoms with Crippen LogP contribution in [0.15, 0.2) is 78.3 Å². The van der Waals surface area contributed by atoms with Gasteiger partial charge in [0, 0.05) is 12.4 Å². The number of fused-ring (bicyclic) bond motifs is 3. The molecule has 0 fully saturated rings. The minimum absolute atomic E-state index is 0.128. The Kier molecular flexibility index (Phi) is 5.96. The van der Waals surface area contributed by atoms with E-state index >= 15 is 0 Å². The summed E-state index contributed by atoms with van der Waals surface area (Å²) in [4.78, 5) is 11.6. The third-order valence-electron chi connectivity index (χ3n) is 5.64. The lowest BCUT2D eigenvalue weighted by molar-refractivity contribution is -0.275. The Hall–Kier alpha value is -3.84. The van der Waals surface area contributed by atoms with Gasteiger partial charge in [0.25, 0.3) is 0 Å². The largest absolute Gasteiger partial charge is 0.573 e. The summed E-state index contributed by atoms with van der Waals surface area (Å²) >= 11 is 0. The molecule has 0 bridgehead atoms. The van der Waals surface area contributed by atoms with Gasteiger partial charge in [0.1, 0.15) is 28.6 Å². The zero-order valence-corrected chi connectivity index (χ0v) is 19.1.